The summed E-state index contributed by atoms with van der Waals surface area (Å²) in [6.45, 7) is 8.48. The van der Waals surface area contributed by atoms with Crippen LogP contribution in [0.25, 0.3) is 0 Å². The summed E-state index contributed by atoms with van der Waals surface area (Å²) >= 11 is -2.61. The molecule has 3 rings (SSSR count). The van der Waals surface area contributed by atoms with E-state index in [0.717, 1.165) is 25.7 Å². The Hall–Kier alpha value is -0.260. The molecule has 0 saturated heterocycles. The summed E-state index contributed by atoms with van der Waals surface area (Å²) in [5.41, 5.74) is 1.01. The van der Waals surface area contributed by atoms with E-state index < -0.39 is 28.8 Å². The first kappa shape index (κ1) is 27.8. The van der Waals surface area contributed by atoms with Gasteiger partial charge in [0, 0.05) is 5.41 Å². The summed E-state index contributed by atoms with van der Waals surface area (Å²) in [7, 11) is 0. The normalized spacial score (nSPS) is 35.9. The summed E-state index contributed by atoms with van der Waals surface area (Å²) in [4.78, 5) is 11.8. The number of hydrogen-bond acceptors (Lipinski definition) is 6. The van der Waals surface area contributed by atoms with Gasteiger partial charge in [-0.3, -0.25) is 9.11 Å². The second-order valence-electron chi connectivity index (χ2n) is 8.80. The van der Waals surface area contributed by atoms with Crippen molar-refractivity contribution in [2.45, 2.75) is 58.5 Å². The van der Waals surface area contributed by atoms with Crippen molar-refractivity contribution < 1.29 is 38.2 Å². The number of carbonyl (C=O) groups excluding carboxylic acids is 1. The third kappa shape index (κ3) is 5.56. The van der Waals surface area contributed by atoms with Gasteiger partial charge in [0.1, 0.15) is 12.4 Å². The third-order valence-electron chi connectivity index (χ3n) is 7.31. The van der Waals surface area contributed by atoms with Crippen LogP contribution in [-0.2, 0) is 20.9 Å². The monoisotopic (exact) mass is 456 g/mol. The molecule has 0 aromatic heterocycles. The summed E-state index contributed by atoms with van der Waals surface area (Å²) in [5.74, 6) is 0.0490. The molecule has 0 radical (unpaired) electrons. The van der Waals surface area contributed by atoms with E-state index in [1.165, 1.54) is 5.57 Å². The number of ether oxygens (including phenoxy) is 1. The van der Waals surface area contributed by atoms with E-state index in [0.29, 0.717) is 18.4 Å². The molecule has 0 aromatic carbocycles. The molecule has 10 heteroatoms. The quantitative estimate of drug-likeness (QED) is 0.187. The average Bonchev–Trinajstić information content (AvgIpc) is 2.96. The summed E-state index contributed by atoms with van der Waals surface area (Å²) in [6, 6.07) is 0. The van der Waals surface area contributed by atoms with Crippen molar-refractivity contribution in [1.82, 2.24) is 0 Å². The first-order chi connectivity index (χ1) is 13.5. The Morgan fingerprint density at radius 3 is 2.37 bits per heavy atom. The summed E-state index contributed by atoms with van der Waals surface area (Å²) < 4.78 is 27.7. The molecule has 3 aliphatic rings. The van der Waals surface area contributed by atoms with Crippen LogP contribution in [0.3, 0.4) is 0 Å². The van der Waals surface area contributed by atoms with Gasteiger partial charge in [-0.2, -0.15) is 4.21 Å². The van der Waals surface area contributed by atoms with Gasteiger partial charge in [-0.1, -0.05) is 26.0 Å². The Morgan fingerprint density at radius 1 is 1.27 bits per heavy atom. The molecule has 2 aliphatic carbocycles. The molecule has 8 nitrogen and oxygen atoms in total. The molecule has 0 amide bonds. The predicted octanol–water partition coefficient (Wildman–Crippen LogP) is 1.91. The molecule has 0 unspecified atom stereocenters. The molecule has 1 aliphatic heterocycles. The van der Waals surface area contributed by atoms with Crippen molar-refractivity contribution >= 4 is 46.9 Å². The van der Waals surface area contributed by atoms with Crippen molar-refractivity contribution in [3.8, 4) is 0 Å². The maximum absolute atomic E-state index is 11.8. The van der Waals surface area contributed by atoms with E-state index in [1.807, 2.05) is 6.92 Å². The van der Waals surface area contributed by atoms with Crippen molar-refractivity contribution in [2.24, 2.45) is 22.7 Å². The van der Waals surface area contributed by atoms with Crippen LogP contribution in [0.2, 0.25) is 0 Å². The van der Waals surface area contributed by atoms with Crippen molar-refractivity contribution in [2.75, 3.05) is 13.2 Å². The van der Waals surface area contributed by atoms with Crippen molar-refractivity contribution in [3.63, 3.8) is 0 Å². The molecule has 2 fully saturated rings. The fourth-order valence-electron chi connectivity index (χ4n) is 5.69. The fraction of sp³-hybridized carbons (Fsp3) is 0.750. The number of allylic oxidation sites excluding steroid dienone is 1. The minimum atomic E-state index is -2.61. The number of fused-ring (bicyclic) bond motifs is 1. The second kappa shape index (κ2) is 11.0. The predicted molar refractivity (Wildman–Crippen MR) is 114 cm³/mol. The van der Waals surface area contributed by atoms with E-state index in [-0.39, 0.29) is 65.8 Å². The summed E-state index contributed by atoms with van der Waals surface area (Å²) in [5, 5.41) is 30.4. The third-order valence-corrected chi connectivity index (χ3v) is 7.31. The molecule has 30 heavy (non-hydrogen) atoms. The van der Waals surface area contributed by atoms with Crippen molar-refractivity contribution in [1.29, 1.82) is 0 Å². The number of aliphatic hydroxyl groups excluding tert-OH is 3. The number of hydrogen-bond donors (Lipinski definition) is 5. The molecule has 0 bridgehead atoms. The van der Waals surface area contributed by atoms with E-state index in [2.05, 4.69) is 13.5 Å². The minimum absolute atomic E-state index is 0. The van der Waals surface area contributed by atoms with Gasteiger partial charge in [0.25, 0.3) is 11.4 Å². The van der Waals surface area contributed by atoms with E-state index in [9.17, 15) is 20.1 Å². The van der Waals surface area contributed by atoms with Crippen molar-refractivity contribution in [3.05, 3.63) is 23.5 Å². The number of aliphatic hydroxyl groups is 3. The van der Waals surface area contributed by atoms with Crippen LogP contribution in [0.15, 0.2) is 23.5 Å². The van der Waals surface area contributed by atoms with Crippen LogP contribution in [0.1, 0.15) is 52.4 Å². The van der Waals surface area contributed by atoms with E-state index >= 15 is 0 Å². The molecule has 168 valence electrons. The molecule has 5 N–H and O–H groups in total. The van der Waals surface area contributed by atoms with Crippen LogP contribution in [-0.4, -0.2) is 83.5 Å². The van der Waals surface area contributed by atoms with Gasteiger partial charge in [-0.05, 0) is 55.8 Å². The second-order valence-corrected chi connectivity index (χ2v) is 9.26. The molecular formula is C20H33NaO8S. The van der Waals surface area contributed by atoms with Gasteiger partial charge in [0.05, 0.1) is 18.3 Å². The zero-order valence-electron chi connectivity index (χ0n) is 17.0. The van der Waals surface area contributed by atoms with Gasteiger partial charge < -0.3 is 20.1 Å². The Labute approximate surface area is 202 Å². The number of esters is 1. The summed E-state index contributed by atoms with van der Waals surface area (Å²) in [6.07, 6.45) is 4.09. The number of rotatable bonds is 4. The van der Waals surface area contributed by atoms with Gasteiger partial charge in [0.2, 0.25) is 0 Å². The van der Waals surface area contributed by atoms with E-state index in [4.69, 9.17) is 18.1 Å². The molecule has 1 heterocycles. The zero-order valence-corrected chi connectivity index (χ0v) is 17.8. The number of cyclic esters (lactones) is 1. The Bertz CT molecular complexity index is 707. The van der Waals surface area contributed by atoms with Crippen LogP contribution in [0.4, 0.5) is 0 Å². The standard InChI is InChI=1S/C20H30O5.Na.H2O3S.H/c1-12-4-7-16-19(2,9-8-17(23)20(16,3)11-21)14(12)6-5-13-15(22)10-25-18(13)24;;1-4(2)3;/h14,16-17,21-23H,1,4-11H2,2-3H3;;(H2,1,2,3);/t14-,16+,17-,19+,20+;;;/m1.../s1. The van der Waals surface area contributed by atoms with Crippen LogP contribution in [0, 0.1) is 22.7 Å². The fourth-order valence-corrected chi connectivity index (χ4v) is 5.69. The molecule has 0 spiro atoms. The molecule has 2 saturated carbocycles. The molecule has 0 aromatic rings. The van der Waals surface area contributed by atoms with Gasteiger partial charge in [0.15, 0.2) is 0 Å². The topological polar surface area (TPSA) is 145 Å². The Morgan fingerprint density at radius 2 is 1.87 bits per heavy atom. The molecular weight excluding hydrogens is 423 g/mol. The Balaban J connectivity index is 0.000000827. The van der Waals surface area contributed by atoms with Crippen LogP contribution >= 0.6 is 0 Å². The van der Waals surface area contributed by atoms with Crippen LogP contribution < -0.4 is 0 Å². The SMILES string of the molecule is C=C1CC[C@@H]2[C@](C)(CO)[C@H](O)CC[C@@]2(C)[C@@H]1CCC1=C(O)COC1=O.O=S(O)O.[NaH]. The first-order valence-corrected chi connectivity index (χ1v) is 10.9. The van der Waals surface area contributed by atoms with Gasteiger partial charge in [-0.15, -0.1) is 0 Å². The maximum atomic E-state index is 11.8. The van der Waals surface area contributed by atoms with Crippen LogP contribution in [0.5, 0.6) is 0 Å². The molecule has 5 atom stereocenters. The zero-order chi connectivity index (χ0) is 22.0. The van der Waals surface area contributed by atoms with Gasteiger partial charge >= 0.3 is 35.5 Å². The average molecular weight is 457 g/mol. The first-order valence-electron chi connectivity index (χ1n) is 9.82. The van der Waals surface area contributed by atoms with Gasteiger partial charge in [-0.25, -0.2) is 4.79 Å². The number of carbonyl (C=O) groups is 1. The van der Waals surface area contributed by atoms with E-state index in [1.54, 1.807) is 0 Å². The Kier molecular flexibility index (Phi) is 10.2.